The standard InChI is InChI=1S/C23H23Cl2FN2O2/c24-19-10-9-16(11-20(19)25)22-12-18(30-27-22)14-28(23(29)15-5-1-2-6-15)13-17-7-3-4-8-21(17)26/h3-4,7-11,15,18H,1-2,5-6,12-14H2/t18-/m1/s1. The molecule has 0 saturated heterocycles. The van der Waals surface area contributed by atoms with Gasteiger partial charge >= 0.3 is 0 Å². The van der Waals surface area contributed by atoms with Crippen LogP contribution in [0.3, 0.4) is 0 Å². The molecule has 30 heavy (non-hydrogen) atoms. The third-order valence-corrected chi connectivity index (χ3v) is 6.48. The topological polar surface area (TPSA) is 41.9 Å². The van der Waals surface area contributed by atoms with Gasteiger partial charge in [0.15, 0.2) is 6.10 Å². The SMILES string of the molecule is O=C(C1CCCC1)N(Cc1ccccc1F)C[C@H]1CC(c2ccc(Cl)c(Cl)c2)=NO1. The molecule has 1 atom stereocenters. The largest absolute Gasteiger partial charge is 0.390 e. The average molecular weight is 449 g/mol. The van der Waals surface area contributed by atoms with E-state index >= 15 is 0 Å². The normalized spacial score (nSPS) is 18.9. The van der Waals surface area contributed by atoms with Crippen LogP contribution in [0.4, 0.5) is 4.39 Å². The summed E-state index contributed by atoms with van der Waals surface area (Å²) < 4.78 is 14.2. The molecule has 1 saturated carbocycles. The Balaban J connectivity index is 1.47. The number of nitrogens with zero attached hydrogens (tertiary/aromatic N) is 2. The fraction of sp³-hybridized carbons (Fsp3) is 0.391. The van der Waals surface area contributed by atoms with E-state index in [1.165, 1.54) is 6.07 Å². The molecule has 1 aliphatic heterocycles. The van der Waals surface area contributed by atoms with Crippen molar-refractivity contribution in [3.63, 3.8) is 0 Å². The van der Waals surface area contributed by atoms with Gasteiger partial charge in [-0.15, -0.1) is 0 Å². The second kappa shape index (κ2) is 9.36. The van der Waals surface area contributed by atoms with Crippen LogP contribution in [0, 0.1) is 11.7 Å². The molecule has 0 unspecified atom stereocenters. The number of oxime groups is 1. The summed E-state index contributed by atoms with van der Waals surface area (Å²) in [6, 6.07) is 11.9. The van der Waals surface area contributed by atoms with Crippen molar-refractivity contribution in [2.75, 3.05) is 6.54 Å². The summed E-state index contributed by atoms with van der Waals surface area (Å²) in [5.74, 6) is -0.224. The first-order valence-corrected chi connectivity index (χ1v) is 11.0. The van der Waals surface area contributed by atoms with Crippen LogP contribution in [0.25, 0.3) is 0 Å². The van der Waals surface area contributed by atoms with Crippen molar-refractivity contribution >= 4 is 34.8 Å². The van der Waals surface area contributed by atoms with Crippen LogP contribution in [-0.2, 0) is 16.2 Å². The van der Waals surface area contributed by atoms with Gasteiger partial charge in [-0.1, -0.05) is 65.5 Å². The highest BCUT2D eigenvalue weighted by Gasteiger charge is 2.32. The Morgan fingerprint density at radius 2 is 1.90 bits per heavy atom. The number of benzene rings is 2. The van der Waals surface area contributed by atoms with Gasteiger partial charge in [-0.2, -0.15) is 0 Å². The zero-order chi connectivity index (χ0) is 21.1. The summed E-state index contributed by atoms with van der Waals surface area (Å²) >= 11 is 12.1. The monoisotopic (exact) mass is 448 g/mol. The molecule has 0 radical (unpaired) electrons. The maximum absolute atomic E-state index is 14.2. The number of amides is 1. The van der Waals surface area contributed by atoms with Crippen molar-refractivity contribution in [3.05, 3.63) is 69.5 Å². The summed E-state index contributed by atoms with van der Waals surface area (Å²) in [7, 11) is 0. The third-order valence-electron chi connectivity index (χ3n) is 5.74. The number of hydrogen-bond acceptors (Lipinski definition) is 3. The van der Waals surface area contributed by atoms with E-state index in [1.807, 2.05) is 6.07 Å². The summed E-state index contributed by atoms with van der Waals surface area (Å²) in [5.41, 5.74) is 2.11. The molecule has 2 aromatic rings. The first kappa shape index (κ1) is 21.1. The summed E-state index contributed by atoms with van der Waals surface area (Å²) in [5, 5.41) is 5.13. The van der Waals surface area contributed by atoms with Crippen molar-refractivity contribution in [2.24, 2.45) is 11.1 Å². The molecule has 4 nitrogen and oxygen atoms in total. The lowest BCUT2D eigenvalue weighted by molar-refractivity contribution is -0.137. The van der Waals surface area contributed by atoms with Crippen LogP contribution in [0.15, 0.2) is 47.6 Å². The molecule has 2 aliphatic rings. The van der Waals surface area contributed by atoms with Crippen molar-refractivity contribution in [1.29, 1.82) is 0 Å². The molecule has 0 bridgehead atoms. The van der Waals surface area contributed by atoms with Gasteiger partial charge in [0, 0.05) is 30.0 Å². The lowest BCUT2D eigenvalue weighted by Crippen LogP contribution is -2.40. The molecule has 0 spiro atoms. The number of rotatable bonds is 6. The van der Waals surface area contributed by atoms with Crippen molar-refractivity contribution in [3.8, 4) is 0 Å². The first-order valence-electron chi connectivity index (χ1n) is 10.2. The number of carbonyl (C=O) groups excluding carboxylic acids is 1. The third kappa shape index (κ3) is 4.79. The molecular weight excluding hydrogens is 426 g/mol. The van der Waals surface area contributed by atoms with Crippen LogP contribution >= 0.6 is 23.2 Å². The van der Waals surface area contributed by atoms with Gasteiger partial charge in [-0.25, -0.2) is 4.39 Å². The van der Waals surface area contributed by atoms with Gasteiger partial charge in [-0.05, 0) is 31.0 Å². The van der Waals surface area contributed by atoms with Crippen molar-refractivity contribution < 1.29 is 14.0 Å². The second-order valence-electron chi connectivity index (χ2n) is 7.89. The molecule has 1 amide bonds. The molecule has 1 heterocycles. The van der Waals surface area contributed by atoms with E-state index in [-0.39, 0.29) is 30.3 Å². The number of hydrogen-bond donors (Lipinski definition) is 0. The Kier molecular flexibility index (Phi) is 6.59. The zero-order valence-corrected chi connectivity index (χ0v) is 18.0. The molecule has 4 rings (SSSR count). The van der Waals surface area contributed by atoms with Crippen molar-refractivity contribution in [1.82, 2.24) is 4.90 Å². The highest BCUT2D eigenvalue weighted by molar-refractivity contribution is 6.42. The highest BCUT2D eigenvalue weighted by atomic mass is 35.5. The lowest BCUT2D eigenvalue weighted by atomic mass is 10.0. The van der Waals surface area contributed by atoms with Crippen LogP contribution in [0.5, 0.6) is 0 Å². The van der Waals surface area contributed by atoms with E-state index in [0.717, 1.165) is 37.0 Å². The van der Waals surface area contributed by atoms with Crippen LogP contribution < -0.4 is 0 Å². The van der Waals surface area contributed by atoms with E-state index < -0.39 is 0 Å². The van der Waals surface area contributed by atoms with E-state index in [1.54, 1.807) is 35.2 Å². The maximum atomic E-state index is 14.2. The van der Waals surface area contributed by atoms with Gasteiger partial charge in [0.2, 0.25) is 5.91 Å². The molecule has 158 valence electrons. The first-order chi connectivity index (χ1) is 14.5. The lowest BCUT2D eigenvalue weighted by Gasteiger charge is -2.27. The van der Waals surface area contributed by atoms with Gasteiger partial charge in [0.05, 0.1) is 22.3 Å². The van der Waals surface area contributed by atoms with Crippen molar-refractivity contribution in [2.45, 2.75) is 44.8 Å². The molecule has 0 N–H and O–H groups in total. The maximum Gasteiger partial charge on any atom is 0.226 e. The minimum atomic E-state index is -0.304. The molecule has 7 heteroatoms. The minimum absolute atomic E-state index is 0.00800. The van der Waals surface area contributed by atoms with E-state index in [2.05, 4.69) is 5.16 Å². The fourth-order valence-electron chi connectivity index (χ4n) is 4.11. The predicted molar refractivity (Wildman–Crippen MR) is 116 cm³/mol. The molecule has 0 aromatic heterocycles. The van der Waals surface area contributed by atoms with Crippen LogP contribution in [0.2, 0.25) is 10.0 Å². The predicted octanol–water partition coefficient (Wildman–Crippen LogP) is 5.84. The van der Waals surface area contributed by atoms with Gasteiger partial charge < -0.3 is 9.74 Å². The summed E-state index contributed by atoms with van der Waals surface area (Å²) in [4.78, 5) is 20.5. The van der Waals surface area contributed by atoms with Gasteiger partial charge in [0.1, 0.15) is 5.82 Å². The second-order valence-corrected chi connectivity index (χ2v) is 8.70. The van der Waals surface area contributed by atoms with Gasteiger partial charge in [-0.3, -0.25) is 4.79 Å². The average Bonchev–Trinajstić information content (AvgIpc) is 3.43. The summed E-state index contributed by atoms with van der Waals surface area (Å²) in [6.07, 6.45) is 4.17. The number of carbonyl (C=O) groups is 1. The Labute approximate surface area is 185 Å². The van der Waals surface area contributed by atoms with Crippen LogP contribution in [0.1, 0.15) is 43.2 Å². The highest BCUT2D eigenvalue weighted by Crippen LogP contribution is 2.29. The quantitative estimate of drug-likeness (QED) is 0.556. The molecular formula is C23H23Cl2FN2O2. The Morgan fingerprint density at radius 1 is 1.13 bits per heavy atom. The number of halogens is 3. The molecule has 1 aliphatic carbocycles. The Hall–Kier alpha value is -2.11. The Morgan fingerprint density at radius 3 is 2.63 bits per heavy atom. The zero-order valence-electron chi connectivity index (χ0n) is 16.5. The van der Waals surface area contributed by atoms with Gasteiger partial charge in [0.25, 0.3) is 0 Å². The fourth-order valence-corrected chi connectivity index (χ4v) is 4.41. The smallest absolute Gasteiger partial charge is 0.226 e. The Bertz CT molecular complexity index is 960. The van der Waals surface area contributed by atoms with E-state index in [0.29, 0.717) is 28.6 Å². The van der Waals surface area contributed by atoms with E-state index in [4.69, 9.17) is 28.0 Å². The molecule has 2 aromatic carbocycles. The molecule has 1 fully saturated rings. The van der Waals surface area contributed by atoms with E-state index in [9.17, 15) is 9.18 Å². The minimum Gasteiger partial charge on any atom is -0.390 e. The summed E-state index contributed by atoms with van der Waals surface area (Å²) in [6.45, 7) is 0.585. The van der Waals surface area contributed by atoms with Crippen LogP contribution in [-0.4, -0.2) is 29.2 Å².